The summed E-state index contributed by atoms with van der Waals surface area (Å²) < 4.78 is 8.42. The van der Waals surface area contributed by atoms with Crippen LogP contribution in [-0.4, -0.2) is 0 Å². The zero-order valence-electron chi connectivity index (χ0n) is 17.0. The van der Waals surface area contributed by atoms with Crippen LogP contribution < -0.4 is 4.57 Å². The molecule has 0 unspecified atom stereocenters. The van der Waals surface area contributed by atoms with Crippen LogP contribution in [0.25, 0.3) is 38.0 Å². The van der Waals surface area contributed by atoms with Crippen molar-refractivity contribution >= 4 is 27.6 Å². The predicted octanol–water partition coefficient (Wildman–Crippen LogP) is 6.98. The average Bonchev–Trinajstić information content (AvgIpc) is 3.09. The van der Waals surface area contributed by atoms with Crippen LogP contribution in [0.2, 0.25) is 0 Å². The van der Waals surface area contributed by atoms with Gasteiger partial charge in [0.05, 0.1) is 6.57 Å². The highest BCUT2D eigenvalue weighted by Crippen LogP contribution is 2.42. The van der Waals surface area contributed by atoms with E-state index in [9.17, 15) is 0 Å². The molecule has 0 aliphatic heterocycles. The first-order valence-corrected chi connectivity index (χ1v) is 10.5. The fourth-order valence-corrected chi connectivity index (χ4v) is 4.89. The van der Waals surface area contributed by atoms with E-state index in [0.29, 0.717) is 5.92 Å². The van der Waals surface area contributed by atoms with Gasteiger partial charge < -0.3 is 4.42 Å². The zero-order valence-corrected chi connectivity index (χ0v) is 17.0. The number of pyridine rings is 1. The van der Waals surface area contributed by atoms with Crippen molar-refractivity contribution in [2.24, 2.45) is 7.05 Å². The summed E-state index contributed by atoms with van der Waals surface area (Å²) in [5.74, 6) is 0.492. The molecule has 0 bridgehead atoms. The van der Waals surface area contributed by atoms with Crippen LogP contribution in [0.5, 0.6) is 0 Å². The highest BCUT2D eigenvalue weighted by Gasteiger charge is 2.22. The number of hydrogen-bond donors (Lipinski definition) is 0. The molecule has 1 fully saturated rings. The Hall–Kier alpha value is -3.12. The molecule has 1 aliphatic carbocycles. The lowest BCUT2D eigenvalue weighted by molar-refractivity contribution is -0.660. The number of aromatic nitrogens is 1. The lowest BCUT2D eigenvalue weighted by Crippen LogP contribution is -2.30. The van der Waals surface area contributed by atoms with Crippen LogP contribution in [-0.2, 0) is 7.05 Å². The fraction of sp³-hybridized carbons (Fsp3) is 0.308. The monoisotopic (exact) mass is 381 g/mol. The second-order valence-electron chi connectivity index (χ2n) is 8.32. The molecule has 0 saturated heterocycles. The summed E-state index contributed by atoms with van der Waals surface area (Å²) in [4.78, 5) is 3.90. The van der Waals surface area contributed by atoms with E-state index in [0.717, 1.165) is 27.6 Å². The summed E-state index contributed by atoms with van der Waals surface area (Å²) in [5.41, 5.74) is 7.33. The highest BCUT2D eigenvalue weighted by molar-refractivity contribution is 6.08. The van der Waals surface area contributed by atoms with E-state index < -0.39 is 0 Å². The van der Waals surface area contributed by atoms with Crippen LogP contribution >= 0.6 is 0 Å². The minimum Gasteiger partial charge on any atom is -0.456 e. The van der Waals surface area contributed by atoms with Crippen molar-refractivity contribution < 1.29 is 8.98 Å². The Kier molecular flexibility index (Phi) is 4.36. The smallest absolute Gasteiger partial charge is 0.212 e. The average molecular weight is 381 g/mol. The van der Waals surface area contributed by atoms with Gasteiger partial charge in [-0.2, -0.15) is 0 Å². The molecule has 29 heavy (non-hydrogen) atoms. The molecular weight excluding hydrogens is 356 g/mol. The van der Waals surface area contributed by atoms with Crippen molar-refractivity contribution in [3.63, 3.8) is 0 Å². The Morgan fingerprint density at radius 3 is 2.52 bits per heavy atom. The molecule has 2 aromatic heterocycles. The molecule has 0 radical (unpaired) electrons. The molecule has 4 aromatic rings. The van der Waals surface area contributed by atoms with Gasteiger partial charge in [0.1, 0.15) is 18.2 Å². The summed E-state index contributed by atoms with van der Waals surface area (Å²) in [6, 6.07) is 14.8. The van der Waals surface area contributed by atoms with Crippen molar-refractivity contribution in [3.05, 3.63) is 71.2 Å². The number of nitrogens with zero attached hydrogens (tertiary/aromatic N) is 2. The lowest BCUT2D eigenvalue weighted by Gasteiger charge is -2.23. The van der Waals surface area contributed by atoms with Crippen molar-refractivity contribution in [2.75, 3.05) is 0 Å². The molecule has 0 N–H and O–H groups in total. The molecular formula is C26H25N2O+. The van der Waals surface area contributed by atoms with E-state index in [4.69, 9.17) is 11.0 Å². The topological polar surface area (TPSA) is 21.4 Å². The maximum absolute atomic E-state index is 7.77. The summed E-state index contributed by atoms with van der Waals surface area (Å²) in [5, 5.41) is 2.13. The fourth-order valence-electron chi connectivity index (χ4n) is 4.89. The maximum atomic E-state index is 7.77. The number of hydrogen-bond acceptors (Lipinski definition) is 1. The Balaban J connectivity index is 1.73. The molecule has 2 aromatic carbocycles. The first kappa shape index (κ1) is 17.9. The van der Waals surface area contributed by atoms with Gasteiger partial charge in [-0.25, -0.2) is 9.41 Å². The molecule has 1 saturated carbocycles. The Labute approximate surface area is 171 Å². The quantitative estimate of drug-likeness (QED) is 0.271. The minimum atomic E-state index is 0.492. The van der Waals surface area contributed by atoms with Crippen molar-refractivity contribution in [1.82, 2.24) is 0 Å². The van der Waals surface area contributed by atoms with Gasteiger partial charge in [0, 0.05) is 28.5 Å². The largest absolute Gasteiger partial charge is 0.456 e. The van der Waals surface area contributed by atoms with Crippen molar-refractivity contribution in [3.8, 4) is 11.3 Å². The third-order valence-electron chi connectivity index (χ3n) is 6.46. The molecule has 0 spiro atoms. The third kappa shape index (κ3) is 3.00. The SMILES string of the molecule is [C-]#[N+]c1cc2c(cc1C1CCCCC1)oc1cc(C)c(-c3cccc[n+]3C)cc12. The molecule has 144 valence electrons. The molecule has 3 heteroatoms. The van der Waals surface area contributed by atoms with Crippen LogP contribution in [0, 0.1) is 13.5 Å². The molecule has 3 nitrogen and oxygen atoms in total. The molecule has 2 heterocycles. The summed E-state index contributed by atoms with van der Waals surface area (Å²) in [6.45, 7) is 9.90. The van der Waals surface area contributed by atoms with E-state index in [-0.39, 0.29) is 0 Å². The lowest BCUT2D eigenvalue weighted by atomic mass is 9.83. The highest BCUT2D eigenvalue weighted by atomic mass is 16.3. The van der Waals surface area contributed by atoms with Crippen LogP contribution in [0.1, 0.15) is 49.1 Å². The van der Waals surface area contributed by atoms with E-state index in [2.05, 4.69) is 66.0 Å². The number of aryl methyl sites for hydroxylation is 2. The molecule has 5 rings (SSSR count). The number of rotatable bonds is 2. The standard InChI is InChI=1S/C26H25N2O/c1-17-13-25-21(14-19(17)24-11-7-8-12-28(24)3)22-15-23(27-2)20(16-26(22)29-25)18-9-5-4-6-10-18/h7-8,11-16,18H,4-6,9-10H2,1,3H3/q+1. The van der Waals surface area contributed by atoms with E-state index >= 15 is 0 Å². The number of benzene rings is 2. The molecule has 1 aliphatic rings. The normalized spacial score (nSPS) is 15.1. The van der Waals surface area contributed by atoms with Crippen LogP contribution in [0.3, 0.4) is 0 Å². The van der Waals surface area contributed by atoms with Crippen LogP contribution in [0.15, 0.2) is 53.1 Å². The zero-order chi connectivity index (χ0) is 20.0. The van der Waals surface area contributed by atoms with E-state index in [1.807, 2.05) is 6.07 Å². The predicted molar refractivity (Wildman–Crippen MR) is 117 cm³/mol. The Morgan fingerprint density at radius 2 is 1.76 bits per heavy atom. The van der Waals surface area contributed by atoms with Gasteiger partial charge in [-0.15, -0.1) is 0 Å². The van der Waals surface area contributed by atoms with Crippen molar-refractivity contribution in [2.45, 2.75) is 44.9 Å². The van der Waals surface area contributed by atoms with E-state index in [1.165, 1.54) is 54.5 Å². The first-order chi connectivity index (χ1) is 14.2. The Bertz CT molecular complexity index is 1270. The number of furan rings is 1. The van der Waals surface area contributed by atoms with E-state index in [1.54, 1.807) is 0 Å². The first-order valence-electron chi connectivity index (χ1n) is 10.5. The van der Waals surface area contributed by atoms with Gasteiger partial charge in [0.2, 0.25) is 5.69 Å². The number of fused-ring (bicyclic) bond motifs is 3. The van der Waals surface area contributed by atoms with Crippen molar-refractivity contribution in [1.29, 1.82) is 0 Å². The summed E-state index contributed by atoms with van der Waals surface area (Å²) >= 11 is 0. The van der Waals surface area contributed by atoms with Gasteiger partial charge in [-0.3, -0.25) is 0 Å². The van der Waals surface area contributed by atoms with Gasteiger partial charge in [0.25, 0.3) is 0 Å². The van der Waals surface area contributed by atoms with Gasteiger partial charge >= 0.3 is 0 Å². The second kappa shape index (κ2) is 7.04. The van der Waals surface area contributed by atoms with Crippen LogP contribution in [0.4, 0.5) is 5.69 Å². The summed E-state index contributed by atoms with van der Waals surface area (Å²) in [7, 11) is 2.07. The summed E-state index contributed by atoms with van der Waals surface area (Å²) in [6.07, 6.45) is 8.27. The minimum absolute atomic E-state index is 0.492. The molecule has 0 atom stereocenters. The van der Waals surface area contributed by atoms with Gasteiger partial charge in [0.15, 0.2) is 11.9 Å². The molecule has 0 amide bonds. The Morgan fingerprint density at radius 1 is 1.00 bits per heavy atom. The second-order valence-corrected chi connectivity index (χ2v) is 8.32. The van der Waals surface area contributed by atoms with Gasteiger partial charge in [-0.05, 0) is 67.1 Å². The maximum Gasteiger partial charge on any atom is 0.212 e. The van der Waals surface area contributed by atoms with Gasteiger partial charge in [-0.1, -0.05) is 19.3 Å². The third-order valence-corrected chi connectivity index (χ3v) is 6.46.